The van der Waals surface area contributed by atoms with Crippen LogP contribution in [0.3, 0.4) is 0 Å². The zero-order chi connectivity index (χ0) is 16.6. The van der Waals surface area contributed by atoms with Gasteiger partial charge in [0.1, 0.15) is 0 Å². The van der Waals surface area contributed by atoms with Crippen molar-refractivity contribution in [3.8, 4) is 0 Å². The highest BCUT2D eigenvalue weighted by Crippen LogP contribution is 2.46. The van der Waals surface area contributed by atoms with Gasteiger partial charge in [-0.3, -0.25) is 4.90 Å². The molecule has 126 valence electrons. The van der Waals surface area contributed by atoms with Gasteiger partial charge in [0.05, 0.1) is 0 Å². The number of hydrogen-bond donors (Lipinski definition) is 0. The zero-order valence-electron chi connectivity index (χ0n) is 15.1. The van der Waals surface area contributed by atoms with Gasteiger partial charge in [-0.15, -0.1) is 0 Å². The number of nitrogens with zero attached hydrogens (tertiary/aromatic N) is 1. The maximum absolute atomic E-state index is 2.65. The molecule has 1 aliphatic carbocycles. The van der Waals surface area contributed by atoms with Gasteiger partial charge in [0, 0.05) is 6.54 Å². The Balaban J connectivity index is 1.40. The van der Waals surface area contributed by atoms with Gasteiger partial charge < -0.3 is 0 Å². The van der Waals surface area contributed by atoms with Crippen molar-refractivity contribution in [2.45, 2.75) is 57.4 Å². The third-order valence-corrected chi connectivity index (χ3v) is 6.33. The van der Waals surface area contributed by atoms with Gasteiger partial charge in [0.15, 0.2) is 0 Å². The molecule has 1 saturated heterocycles. The molecular formula is C23H29N. The maximum Gasteiger partial charge on any atom is 0.0233 e. The molecule has 24 heavy (non-hydrogen) atoms. The fraction of sp³-hybridized carbons (Fsp3) is 0.478. The second-order valence-corrected chi connectivity index (χ2v) is 8.11. The molecule has 2 aromatic rings. The minimum absolute atomic E-state index is 0.481. The summed E-state index contributed by atoms with van der Waals surface area (Å²) in [6.45, 7) is 8.10. The molecule has 1 nitrogen and oxygen atoms in total. The van der Waals surface area contributed by atoms with Gasteiger partial charge in [0.2, 0.25) is 0 Å². The van der Waals surface area contributed by atoms with E-state index in [1.807, 2.05) is 0 Å². The number of likely N-dealkylation sites (tertiary alicyclic amines) is 1. The lowest BCUT2D eigenvalue weighted by Crippen LogP contribution is -2.41. The predicted octanol–water partition coefficient (Wildman–Crippen LogP) is 5.29. The van der Waals surface area contributed by atoms with Crippen molar-refractivity contribution in [1.82, 2.24) is 4.90 Å². The molecule has 1 heterocycles. The van der Waals surface area contributed by atoms with Crippen molar-refractivity contribution in [2.75, 3.05) is 13.1 Å². The van der Waals surface area contributed by atoms with Crippen LogP contribution in [0.15, 0.2) is 48.5 Å². The van der Waals surface area contributed by atoms with Crippen molar-refractivity contribution in [3.05, 3.63) is 70.8 Å². The molecule has 1 spiro atoms. The Bertz CT molecular complexity index is 690. The fourth-order valence-corrected chi connectivity index (χ4v) is 4.69. The van der Waals surface area contributed by atoms with E-state index < -0.39 is 0 Å². The SMILES string of the molecule is CC(C)c1ccc(CN2CCC3(CCc4ccccc43)CC2)cc1. The van der Waals surface area contributed by atoms with E-state index in [2.05, 4.69) is 67.3 Å². The van der Waals surface area contributed by atoms with Gasteiger partial charge in [-0.2, -0.15) is 0 Å². The van der Waals surface area contributed by atoms with Crippen molar-refractivity contribution in [3.63, 3.8) is 0 Å². The van der Waals surface area contributed by atoms with E-state index >= 15 is 0 Å². The minimum atomic E-state index is 0.481. The van der Waals surface area contributed by atoms with E-state index in [0.29, 0.717) is 11.3 Å². The lowest BCUT2D eigenvalue weighted by molar-refractivity contribution is 0.152. The van der Waals surface area contributed by atoms with Crippen molar-refractivity contribution >= 4 is 0 Å². The third kappa shape index (κ3) is 2.91. The van der Waals surface area contributed by atoms with E-state index in [0.717, 1.165) is 6.54 Å². The molecule has 0 unspecified atom stereocenters. The summed E-state index contributed by atoms with van der Waals surface area (Å²) in [5.74, 6) is 0.622. The highest BCUT2D eigenvalue weighted by molar-refractivity contribution is 5.39. The van der Waals surface area contributed by atoms with Crippen LogP contribution in [-0.2, 0) is 18.4 Å². The van der Waals surface area contributed by atoms with Gasteiger partial charge in [0.25, 0.3) is 0 Å². The molecule has 0 saturated carbocycles. The molecule has 1 fully saturated rings. The predicted molar refractivity (Wildman–Crippen MR) is 101 cm³/mol. The van der Waals surface area contributed by atoms with Crippen LogP contribution in [-0.4, -0.2) is 18.0 Å². The molecule has 4 rings (SSSR count). The summed E-state index contributed by atoms with van der Waals surface area (Å²) in [5.41, 5.74) is 6.65. The zero-order valence-corrected chi connectivity index (χ0v) is 15.1. The van der Waals surface area contributed by atoms with Crippen LogP contribution in [0.1, 0.15) is 61.3 Å². The average molecular weight is 319 g/mol. The first-order valence-electron chi connectivity index (χ1n) is 9.56. The molecule has 0 N–H and O–H groups in total. The van der Waals surface area contributed by atoms with Crippen LogP contribution >= 0.6 is 0 Å². The summed E-state index contributed by atoms with van der Waals surface area (Å²) in [6.07, 6.45) is 5.30. The topological polar surface area (TPSA) is 3.24 Å². The Morgan fingerprint density at radius 3 is 2.33 bits per heavy atom. The summed E-state index contributed by atoms with van der Waals surface area (Å²) in [7, 11) is 0. The van der Waals surface area contributed by atoms with Crippen LogP contribution in [0.5, 0.6) is 0 Å². The smallest absolute Gasteiger partial charge is 0.0233 e. The minimum Gasteiger partial charge on any atom is -0.299 e. The second kappa shape index (κ2) is 6.37. The van der Waals surface area contributed by atoms with E-state index in [4.69, 9.17) is 0 Å². The Labute approximate surface area is 146 Å². The Hall–Kier alpha value is -1.60. The first-order chi connectivity index (χ1) is 11.7. The van der Waals surface area contributed by atoms with Gasteiger partial charge in [-0.25, -0.2) is 0 Å². The van der Waals surface area contributed by atoms with Crippen molar-refractivity contribution in [1.29, 1.82) is 0 Å². The molecular weight excluding hydrogens is 290 g/mol. The van der Waals surface area contributed by atoms with Gasteiger partial charge in [-0.05, 0) is 72.4 Å². The quantitative estimate of drug-likeness (QED) is 0.743. The van der Waals surface area contributed by atoms with Crippen LogP contribution in [0, 0.1) is 0 Å². The number of fused-ring (bicyclic) bond motifs is 2. The number of hydrogen-bond acceptors (Lipinski definition) is 1. The Morgan fingerprint density at radius 2 is 1.62 bits per heavy atom. The van der Waals surface area contributed by atoms with Crippen LogP contribution < -0.4 is 0 Å². The number of rotatable bonds is 3. The van der Waals surface area contributed by atoms with E-state index in [1.165, 1.54) is 49.9 Å². The summed E-state index contributed by atoms with van der Waals surface area (Å²) in [5, 5.41) is 0. The van der Waals surface area contributed by atoms with E-state index in [-0.39, 0.29) is 0 Å². The Kier molecular flexibility index (Phi) is 4.22. The summed E-state index contributed by atoms with van der Waals surface area (Å²) >= 11 is 0. The Morgan fingerprint density at radius 1 is 0.917 bits per heavy atom. The maximum atomic E-state index is 2.65. The fourth-order valence-electron chi connectivity index (χ4n) is 4.69. The molecule has 1 aliphatic heterocycles. The monoisotopic (exact) mass is 319 g/mol. The van der Waals surface area contributed by atoms with Crippen molar-refractivity contribution < 1.29 is 0 Å². The molecule has 0 aromatic heterocycles. The highest BCUT2D eigenvalue weighted by atomic mass is 15.1. The molecule has 0 bridgehead atoms. The molecule has 1 heteroatoms. The molecule has 0 atom stereocenters. The highest BCUT2D eigenvalue weighted by Gasteiger charge is 2.40. The molecule has 2 aromatic carbocycles. The number of piperidine rings is 1. The van der Waals surface area contributed by atoms with Gasteiger partial charge in [-0.1, -0.05) is 62.4 Å². The summed E-state index contributed by atoms with van der Waals surface area (Å²) in [4.78, 5) is 2.65. The van der Waals surface area contributed by atoms with Crippen LogP contribution in [0.25, 0.3) is 0 Å². The van der Waals surface area contributed by atoms with Crippen LogP contribution in [0.2, 0.25) is 0 Å². The van der Waals surface area contributed by atoms with Crippen LogP contribution in [0.4, 0.5) is 0 Å². The van der Waals surface area contributed by atoms with Crippen molar-refractivity contribution in [2.24, 2.45) is 0 Å². The first kappa shape index (κ1) is 15.9. The number of benzene rings is 2. The van der Waals surface area contributed by atoms with Gasteiger partial charge >= 0.3 is 0 Å². The molecule has 0 amide bonds. The summed E-state index contributed by atoms with van der Waals surface area (Å²) in [6, 6.07) is 18.4. The largest absolute Gasteiger partial charge is 0.299 e. The third-order valence-electron chi connectivity index (χ3n) is 6.33. The lowest BCUT2D eigenvalue weighted by atomic mass is 9.74. The average Bonchev–Trinajstić information content (AvgIpc) is 2.97. The number of aryl methyl sites for hydroxylation is 1. The molecule has 2 aliphatic rings. The summed E-state index contributed by atoms with van der Waals surface area (Å²) < 4.78 is 0. The van der Waals surface area contributed by atoms with E-state index in [1.54, 1.807) is 11.1 Å². The lowest BCUT2D eigenvalue weighted by Gasteiger charge is -2.40. The standard InChI is InChI=1S/C23H29N/c1-18(2)20-9-7-19(8-10-20)17-24-15-13-23(14-16-24)12-11-21-5-3-4-6-22(21)23/h3-10,18H,11-17H2,1-2H3. The normalized spacial score (nSPS) is 19.8. The van der Waals surface area contributed by atoms with E-state index in [9.17, 15) is 0 Å². The molecule has 0 radical (unpaired) electrons. The second-order valence-electron chi connectivity index (χ2n) is 8.11. The first-order valence-corrected chi connectivity index (χ1v) is 9.56.